The van der Waals surface area contributed by atoms with Gasteiger partial charge in [0.25, 0.3) is 0 Å². The van der Waals surface area contributed by atoms with Crippen LogP contribution in [0.3, 0.4) is 0 Å². The zero-order valence-electron chi connectivity index (χ0n) is 4.10. The molecule has 0 saturated heterocycles. The fraction of sp³-hybridized carbons (Fsp3) is 0. The van der Waals surface area contributed by atoms with Crippen molar-refractivity contribution in [2.45, 2.75) is 0 Å². The van der Waals surface area contributed by atoms with Crippen molar-refractivity contribution in [2.75, 3.05) is 0 Å². The smallest absolute Gasteiger partial charge is 0.0993 e. The average Bonchev–Trinajstić information content (AvgIpc) is 2.19. The lowest BCUT2D eigenvalue weighted by molar-refractivity contribution is 0.871. The van der Waals surface area contributed by atoms with Gasteiger partial charge in [0, 0.05) is 0 Å². The van der Waals surface area contributed by atoms with Crippen LogP contribution in [0.25, 0.3) is 10.4 Å². The number of rotatable bonds is 1. The molecule has 0 N–H and O–H groups in total. The zero-order chi connectivity index (χ0) is 5.82. The van der Waals surface area contributed by atoms with Crippen molar-refractivity contribution in [1.82, 2.24) is 4.68 Å². The molecule has 0 aromatic carbocycles. The lowest BCUT2D eigenvalue weighted by Crippen LogP contribution is -1.74. The predicted molar refractivity (Wildman–Crippen MR) is 29.0 cm³/mol. The van der Waals surface area contributed by atoms with E-state index in [1.807, 2.05) is 0 Å². The molecule has 0 unspecified atom stereocenters. The van der Waals surface area contributed by atoms with E-state index in [9.17, 15) is 0 Å². The Labute approximate surface area is 46.0 Å². The van der Waals surface area contributed by atoms with Gasteiger partial charge in [-0.25, -0.2) is 0 Å². The monoisotopic (exact) mass is 108 g/mol. The zero-order valence-corrected chi connectivity index (χ0v) is 4.10. The molecule has 0 saturated carbocycles. The topological polar surface area (TPSA) is 53.7 Å². The van der Waals surface area contributed by atoms with Gasteiger partial charge in [-0.15, -0.1) is 5.53 Å². The molecule has 0 aliphatic rings. The van der Waals surface area contributed by atoms with Gasteiger partial charge < -0.3 is 0 Å². The molecular weight excluding hydrogens is 104 g/mol. The molecule has 1 aromatic heterocycles. The van der Waals surface area contributed by atoms with Crippen LogP contribution in [0.1, 0.15) is 0 Å². The van der Waals surface area contributed by atoms with Crippen LogP contribution >= 0.6 is 0 Å². The van der Waals surface area contributed by atoms with Gasteiger partial charge in [0.05, 0.1) is 12.4 Å². The summed E-state index contributed by atoms with van der Waals surface area (Å²) in [6, 6.07) is 3.57. The van der Waals surface area contributed by atoms with E-state index in [2.05, 4.69) is 10.1 Å². The minimum Gasteiger partial charge on any atom is -0.193 e. The number of azide groups is 1. The van der Waals surface area contributed by atoms with Crippen molar-refractivity contribution >= 4 is 0 Å². The number of nitrogens with zero attached hydrogens (tertiary/aromatic N) is 4. The maximum atomic E-state index is 7.88. The molecule has 0 spiro atoms. The highest BCUT2D eigenvalue weighted by atomic mass is 15.4. The summed E-state index contributed by atoms with van der Waals surface area (Å²) in [5.74, 6) is 0. The van der Waals surface area contributed by atoms with Crippen LogP contribution in [0.4, 0.5) is 0 Å². The standard InChI is InChI=1S/C4H4N4/c5-6-7-8-3-1-2-4-8/h1-4H. The van der Waals surface area contributed by atoms with Gasteiger partial charge in [-0.3, -0.25) is 0 Å². The Hall–Kier alpha value is -1.41. The number of hydrogen-bond donors (Lipinski definition) is 0. The summed E-state index contributed by atoms with van der Waals surface area (Å²) in [4.78, 5) is 2.57. The molecule has 0 atom stereocenters. The van der Waals surface area contributed by atoms with Crippen molar-refractivity contribution in [2.24, 2.45) is 5.22 Å². The first-order chi connectivity index (χ1) is 3.93. The summed E-state index contributed by atoms with van der Waals surface area (Å²) in [5.41, 5.74) is 7.88. The summed E-state index contributed by atoms with van der Waals surface area (Å²) < 4.78 is 1.39. The summed E-state index contributed by atoms with van der Waals surface area (Å²) in [7, 11) is 0. The molecule has 0 bridgehead atoms. The Balaban J connectivity index is 2.93. The van der Waals surface area contributed by atoms with Crippen molar-refractivity contribution in [3.05, 3.63) is 35.0 Å². The Morgan fingerprint density at radius 3 is 2.50 bits per heavy atom. The molecule has 0 aliphatic carbocycles. The molecule has 4 nitrogen and oxygen atoms in total. The van der Waals surface area contributed by atoms with Gasteiger partial charge in [0.15, 0.2) is 0 Å². The van der Waals surface area contributed by atoms with Crippen LogP contribution in [-0.2, 0) is 0 Å². The molecule has 0 amide bonds. The molecule has 0 radical (unpaired) electrons. The van der Waals surface area contributed by atoms with E-state index in [0.717, 1.165) is 0 Å². The summed E-state index contributed by atoms with van der Waals surface area (Å²) in [5, 5.41) is 3.26. The van der Waals surface area contributed by atoms with Gasteiger partial charge in [-0.1, -0.05) is 0 Å². The molecule has 4 heteroatoms. The van der Waals surface area contributed by atoms with E-state index in [4.69, 9.17) is 5.53 Å². The number of aromatic nitrogens is 1. The Bertz CT molecular complexity index is 194. The van der Waals surface area contributed by atoms with E-state index in [1.165, 1.54) is 4.68 Å². The first kappa shape index (κ1) is 4.74. The number of hydrogen-bond acceptors (Lipinski definition) is 1. The molecule has 40 valence electrons. The summed E-state index contributed by atoms with van der Waals surface area (Å²) in [6.45, 7) is 0. The van der Waals surface area contributed by atoms with Crippen molar-refractivity contribution in [1.29, 1.82) is 0 Å². The normalized spacial score (nSPS) is 8.00. The molecule has 1 aromatic rings. The van der Waals surface area contributed by atoms with Gasteiger partial charge in [-0.05, 0) is 17.4 Å². The molecule has 1 heterocycles. The molecule has 8 heavy (non-hydrogen) atoms. The van der Waals surface area contributed by atoms with Crippen LogP contribution < -0.4 is 0 Å². The Kier molecular flexibility index (Phi) is 1.21. The third kappa shape index (κ3) is 0.802. The average molecular weight is 108 g/mol. The molecular formula is C4H4N4. The van der Waals surface area contributed by atoms with E-state index >= 15 is 0 Å². The SMILES string of the molecule is [N-]=[N+]=Nn1cccc1. The second-order valence-electron chi connectivity index (χ2n) is 1.24. The van der Waals surface area contributed by atoms with Crippen LogP contribution in [0.15, 0.2) is 29.7 Å². The quantitative estimate of drug-likeness (QED) is 0.298. The maximum absolute atomic E-state index is 7.88. The van der Waals surface area contributed by atoms with Gasteiger partial charge >= 0.3 is 0 Å². The largest absolute Gasteiger partial charge is 0.193 e. The highest BCUT2D eigenvalue weighted by Crippen LogP contribution is 1.86. The molecule has 0 fully saturated rings. The lowest BCUT2D eigenvalue weighted by Gasteiger charge is -1.76. The highest BCUT2D eigenvalue weighted by molar-refractivity contribution is 4.89. The van der Waals surface area contributed by atoms with E-state index in [0.29, 0.717) is 0 Å². The third-order valence-corrected chi connectivity index (χ3v) is 0.732. The van der Waals surface area contributed by atoms with Crippen molar-refractivity contribution in [3.8, 4) is 0 Å². The second-order valence-corrected chi connectivity index (χ2v) is 1.24. The van der Waals surface area contributed by atoms with Crippen LogP contribution in [0, 0.1) is 0 Å². The lowest BCUT2D eigenvalue weighted by atomic mass is 10.7. The second kappa shape index (κ2) is 2.04. The van der Waals surface area contributed by atoms with Crippen LogP contribution in [0.5, 0.6) is 0 Å². The van der Waals surface area contributed by atoms with Crippen LogP contribution in [-0.4, -0.2) is 4.68 Å². The molecule has 0 aliphatic heterocycles. The van der Waals surface area contributed by atoms with E-state index < -0.39 is 0 Å². The van der Waals surface area contributed by atoms with E-state index in [1.54, 1.807) is 24.5 Å². The first-order valence-electron chi connectivity index (χ1n) is 2.12. The van der Waals surface area contributed by atoms with Crippen molar-refractivity contribution in [3.63, 3.8) is 0 Å². The minimum atomic E-state index is 1.39. The third-order valence-electron chi connectivity index (χ3n) is 0.732. The maximum Gasteiger partial charge on any atom is 0.0993 e. The fourth-order valence-corrected chi connectivity index (χ4v) is 0.431. The Morgan fingerprint density at radius 1 is 1.38 bits per heavy atom. The summed E-state index contributed by atoms with van der Waals surface area (Å²) in [6.07, 6.45) is 3.33. The Morgan fingerprint density at radius 2 is 2.00 bits per heavy atom. The van der Waals surface area contributed by atoms with E-state index in [-0.39, 0.29) is 0 Å². The first-order valence-corrected chi connectivity index (χ1v) is 2.12. The van der Waals surface area contributed by atoms with Gasteiger partial charge in [0.1, 0.15) is 0 Å². The van der Waals surface area contributed by atoms with Gasteiger partial charge in [0.2, 0.25) is 0 Å². The van der Waals surface area contributed by atoms with Crippen molar-refractivity contribution < 1.29 is 0 Å². The highest BCUT2D eigenvalue weighted by Gasteiger charge is 1.79. The predicted octanol–water partition coefficient (Wildman–Crippen LogP) is 1.56. The van der Waals surface area contributed by atoms with Crippen LogP contribution in [0.2, 0.25) is 0 Å². The fourth-order valence-electron chi connectivity index (χ4n) is 0.431. The molecule has 1 rings (SSSR count). The minimum absolute atomic E-state index is 1.39. The van der Waals surface area contributed by atoms with Gasteiger partial charge in [-0.2, -0.15) is 9.59 Å². The summed E-state index contributed by atoms with van der Waals surface area (Å²) >= 11 is 0.